The Labute approximate surface area is 149 Å². The Balaban J connectivity index is 1.51. The quantitative estimate of drug-likeness (QED) is 0.621. The van der Waals surface area contributed by atoms with Crippen LogP contribution in [0.25, 0.3) is 0 Å². The van der Waals surface area contributed by atoms with Crippen LogP contribution >= 0.6 is 0 Å². The lowest BCUT2D eigenvalue weighted by atomic mass is 9.90. The Morgan fingerprint density at radius 1 is 1.04 bits per heavy atom. The van der Waals surface area contributed by atoms with E-state index >= 15 is 0 Å². The maximum absolute atomic E-state index is 13.2. The van der Waals surface area contributed by atoms with Crippen LogP contribution in [0.15, 0.2) is 54.6 Å². The molecule has 25 heavy (non-hydrogen) atoms. The molecule has 130 valence electrons. The fourth-order valence-electron chi connectivity index (χ4n) is 3.72. The highest BCUT2D eigenvalue weighted by molar-refractivity contribution is 6.05. The van der Waals surface area contributed by atoms with E-state index in [1.807, 2.05) is 37.4 Å². The molecule has 0 N–H and O–H groups in total. The van der Waals surface area contributed by atoms with Gasteiger partial charge >= 0.3 is 0 Å². The largest absolute Gasteiger partial charge is 0.378 e. The number of Topliss-reactive ketones (excluding diaryl/α,β-unsaturated/α-hetero) is 1. The molecule has 2 aliphatic rings. The van der Waals surface area contributed by atoms with Crippen LogP contribution < -0.4 is 4.90 Å². The third kappa shape index (κ3) is 3.20. The molecule has 0 aromatic heterocycles. The molecule has 2 heterocycles. The summed E-state index contributed by atoms with van der Waals surface area (Å²) < 4.78 is 5.40. The molecule has 4 nitrogen and oxygen atoms in total. The summed E-state index contributed by atoms with van der Waals surface area (Å²) in [5.41, 5.74) is 2.81. The molecule has 2 aromatic rings. The number of rotatable bonds is 5. The molecule has 2 aliphatic heterocycles. The number of hydrogen-bond acceptors (Lipinski definition) is 4. The number of anilines is 1. The van der Waals surface area contributed by atoms with E-state index < -0.39 is 0 Å². The molecule has 2 atom stereocenters. The molecule has 0 aliphatic carbocycles. The van der Waals surface area contributed by atoms with Crippen LogP contribution in [0.2, 0.25) is 0 Å². The molecular formula is C21H24N2O2. The maximum atomic E-state index is 13.2. The van der Waals surface area contributed by atoms with Gasteiger partial charge in [-0.25, -0.2) is 0 Å². The lowest BCUT2D eigenvalue weighted by Crippen LogP contribution is -2.36. The zero-order valence-electron chi connectivity index (χ0n) is 14.6. The minimum atomic E-state index is -0.373. The molecule has 4 rings (SSSR count). The van der Waals surface area contributed by atoms with Crippen LogP contribution in [-0.2, 0) is 11.2 Å². The van der Waals surface area contributed by atoms with Gasteiger partial charge in [0, 0.05) is 30.9 Å². The number of likely N-dealkylation sites (N-methyl/N-ethyl adjacent to an activating group) is 1. The Bertz CT molecular complexity index is 738. The van der Waals surface area contributed by atoms with Gasteiger partial charge in [0.15, 0.2) is 5.78 Å². The van der Waals surface area contributed by atoms with E-state index in [2.05, 4.69) is 34.1 Å². The van der Waals surface area contributed by atoms with Gasteiger partial charge < -0.3 is 9.64 Å². The number of carbonyl (C=O) groups excluding carboxylic acids is 1. The number of benzene rings is 2. The average molecular weight is 336 g/mol. The van der Waals surface area contributed by atoms with Crippen LogP contribution in [0, 0.1) is 0 Å². The molecular weight excluding hydrogens is 312 g/mol. The van der Waals surface area contributed by atoms with Gasteiger partial charge in [-0.05, 0) is 43.3 Å². The van der Waals surface area contributed by atoms with Gasteiger partial charge in [0.25, 0.3) is 0 Å². The zero-order valence-corrected chi connectivity index (χ0v) is 14.6. The number of ketones is 1. The Morgan fingerprint density at radius 3 is 2.28 bits per heavy atom. The summed E-state index contributed by atoms with van der Waals surface area (Å²) in [7, 11) is 2.03. The molecule has 0 radical (unpaired) electrons. The second kappa shape index (κ2) is 6.62. The summed E-state index contributed by atoms with van der Waals surface area (Å²) in [4.78, 5) is 17.6. The molecule has 2 saturated heterocycles. The van der Waals surface area contributed by atoms with Gasteiger partial charge in [0.05, 0.1) is 13.2 Å². The summed E-state index contributed by atoms with van der Waals surface area (Å²) in [6.07, 6.45) is 0.772. The van der Waals surface area contributed by atoms with Crippen LogP contribution in [0.1, 0.15) is 15.9 Å². The first-order chi connectivity index (χ1) is 12.2. The molecule has 2 fully saturated rings. The Morgan fingerprint density at radius 2 is 1.68 bits per heavy atom. The predicted octanol–water partition coefficient (Wildman–Crippen LogP) is 2.63. The molecule has 0 amide bonds. The smallest absolute Gasteiger partial charge is 0.184 e. The summed E-state index contributed by atoms with van der Waals surface area (Å²) >= 11 is 0. The van der Waals surface area contributed by atoms with E-state index in [0.717, 1.165) is 44.8 Å². The SMILES string of the molecule is CN1CC1(Cc1ccccc1)C(=O)c1ccc(N2CCOCC2)cc1. The van der Waals surface area contributed by atoms with Crippen molar-refractivity contribution >= 4 is 11.5 Å². The Hall–Kier alpha value is -2.17. The van der Waals surface area contributed by atoms with Gasteiger partial charge in [0.2, 0.25) is 0 Å². The highest BCUT2D eigenvalue weighted by Gasteiger charge is 2.55. The molecule has 2 unspecified atom stereocenters. The minimum absolute atomic E-state index is 0.229. The van der Waals surface area contributed by atoms with E-state index in [9.17, 15) is 4.79 Å². The molecule has 0 saturated carbocycles. The maximum Gasteiger partial charge on any atom is 0.184 e. The second-order valence-electron chi connectivity index (χ2n) is 7.03. The van der Waals surface area contributed by atoms with Gasteiger partial charge in [0.1, 0.15) is 5.54 Å². The first kappa shape index (κ1) is 16.3. The van der Waals surface area contributed by atoms with Crippen LogP contribution in [0.3, 0.4) is 0 Å². The average Bonchev–Trinajstić information content (AvgIpc) is 3.33. The van der Waals surface area contributed by atoms with E-state index in [0.29, 0.717) is 0 Å². The fourth-order valence-corrected chi connectivity index (χ4v) is 3.72. The van der Waals surface area contributed by atoms with Gasteiger partial charge in [-0.15, -0.1) is 0 Å². The van der Waals surface area contributed by atoms with Gasteiger partial charge in [-0.2, -0.15) is 0 Å². The number of ether oxygens (including phenoxy) is 1. The van der Waals surface area contributed by atoms with Crippen molar-refractivity contribution < 1.29 is 9.53 Å². The number of morpholine rings is 1. The summed E-state index contributed by atoms with van der Waals surface area (Å²) in [6.45, 7) is 4.19. The number of carbonyl (C=O) groups is 1. The highest BCUT2D eigenvalue weighted by Crippen LogP contribution is 2.37. The van der Waals surface area contributed by atoms with Crippen LogP contribution in [0.5, 0.6) is 0 Å². The normalized spacial score (nSPS) is 25.6. The second-order valence-corrected chi connectivity index (χ2v) is 7.03. The minimum Gasteiger partial charge on any atom is -0.378 e. The molecule has 4 heteroatoms. The predicted molar refractivity (Wildman–Crippen MR) is 99.3 cm³/mol. The molecule has 0 spiro atoms. The van der Waals surface area contributed by atoms with Crippen molar-refractivity contribution in [3.8, 4) is 0 Å². The van der Waals surface area contributed by atoms with E-state index in [1.54, 1.807) is 0 Å². The lowest BCUT2D eigenvalue weighted by Gasteiger charge is -2.29. The van der Waals surface area contributed by atoms with Crippen molar-refractivity contribution in [1.29, 1.82) is 0 Å². The van der Waals surface area contributed by atoms with Crippen molar-refractivity contribution in [3.05, 3.63) is 65.7 Å². The fraction of sp³-hybridized carbons (Fsp3) is 0.381. The van der Waals surface area contributed by atoms with Crippen molar-refractivity contribution in [2.24, 2.45) is 0 Å². The highest BCUT2D eigenvalue weighted by atomic mass is 16.5. The topological polar surface area (TPSA) is 32.5 Å². The van der Waals surface area contributed by atoms with Crippen LogP contribution in [0.4, 0.5) is 5.69 Å². The number of nitrogens with zero attached hydrogens (tertiary/aromatic N) is 2. The van der Waals surface area contributed by atoms with Gasteiger partial charge in [-0.3, -0.25) is 9.69 Å². The molecule has 2 aromatic carbocycles. The first-order valence-electron chi connectivity index (χ1n) is 8.92. The monoisotopic (exact) mass is 336 g/mol. The summed E-state index contributed by atoms with van der Waals surface area (Å²) in [5, 5.41) is 0. The number of hydrogen-bond donors (Lipinski definition) is 0. The third-order valence-corrected chi connectivity index (χ3v) is 5.39. The lowest BCUT2D eigenvalue weighted by molar-refractivity contribution is 0.0920. The standard InChI is InChI=1S/C21H24N2O2/c1-22-16-21(22,15-17-5-3-2-4-6-17)20(24)18-7-9-19(10-8-18)23-11-13-25-14-12-23/h2-10H,11-16H2,1H3. The zero-order chi connectivity index (χ0) is 17.3. The van der Waals surface area contributed by atoms with Crippen molar-refractivity contribution in [2.75, 3.05) is 44.8 Å². The molecule has 0 bridgehead atoms. The van der Waals surface area contributed by atoms with E-state index in [-0.39, 0.29) is 11.3 Å². The van der Waals surface area contributed by atoms with Gasteiger partial charge in [-0.1, -0.05) is 30.3 Å². The van der Waals surface area contributed by atoms with Crippen molar-refractivity contribution in [1.82, 2.24) is 4.90 Å². The first-order valence-corrected chi connectivity index (χ1v) is 8.92. The summed E-state index contributed by atoms with van der Waals surface area (Å²) in [6, 6.07) is 18.4. The van der Waals surface area contributed by atoms with Crippen molar-refractivity contribution in [2.45, 2.75) is 12.0 Å². The summed E-state index contributed by atoms with van der Waals surface area (Å²) in [5.74, 6) is 0.229. The van der Waals surface area contributed by atoms with E-state index in [1.165, 1.54) is 11.3 Å². The van der Waals surface area contributed by atoms with Crippen LogP contribution in [-0.4, -0.2) is 56.1 Å². The third-order valence-electron chi connectivity index (χ3n) is 5.39. The van der Waals surface area contributed by atoms with Crippen molar-refractivity contribution in [3.63, 3.8) is 0 Å². The Kier molecular flexibility index (Phi) is 4.32. The van der Waals surface area contributed by atoms with E-state index in [4.69, 9.17) is 4.74 Å².